The van der Waals surface area contributed by atoms with Crippen LogP contribution in [0.3, 0.4) is 0 Å². The number of ether oxygens (including phenoxy) is 3. The van der Waals surface area contributed by atoms with Gasteiger partial charge in [0, 0.05) is 28.3 Å². The lowest BCUT2D eigenvalue weighted by Crippen LogP contribution is -2.32. The van der Waals surface area contributed by atoms with Crippen molar-refractivity contribution in [1.82, 2.24) is 0 Å². The molecule has 8 heteroatoms. The number of hydrogen-bond donors (Lipinski definition) is 1. The Hall–Kier alpha value is -4.46. The number of fused-ring (bicyclic) bond motifs is 2. The molecule has 0 fully saturated rings. The molecule has 0 saturated heterocycles. The summed E-state index contributed by atoms with van der Waals surface area (Å²) in [7, 11) is 3.00. The average Bonchev–Trinajstić information content (AvgIpc) is 2.87. The minimum atomic E-state index is -1.15. The van der Waals surface area contributed by atoms with E-state index in [9.17, 15) is 19.2 Å². The fourth-order valence-corrected chi connectivity index (χ4v) is 3.93. The molecule has 0 bridgehead atoms. The van der Waals surface area contributed by atoms with E-state index in [1.807, 2.05) is 0 Å². The van der Waals surface area contributed by atoms with Crippen molar-refractivity contribution in [3.8, 4) is 11.5 Å². The molecule has 3 aromatic rings. The van der Waals surface area contributed by atoms with Crippen LogP contribution in [0.2, 0.25) is 0 Å². The van der Waals surface area contributed by atoms with Crippen LogP contribution in [0.1, 0.15) is 44.3 Å². The number of rotatable bonds is 7. The smallest absolute Gasteiger partial charge is 0.311 e. The van der Waals surface area contributed by atoms with Crippen LogP contribution in [-0.4, -0.2) is 43.8 Å². The fraction of sp³-hybridized carbons (Fsp3) is 0.185. The Labute approximate surface area is 201 Å². The average molecular weight is 473 g/mol. The predicted molar refractivity (Wildman–Crippen MR) is 127 cm³/mol. The van der Waals surface area contributed by atoms with Gasteiger partial charge in [0.05, 0.1) is 31.9 Å². The van der Waals surface area contributed by atoms with E-state index in [2.05, 4.69) is 5.32 Å². The van der Waals surface area contributed by atoms with Crippen molar-refractivity contribution in [2.75, 3.05) is 19.5 Å². The van der Waals surface area contributed by atoms with Crippen molar-refractivity contribution in [3.05, 3.63) is 88.5 Å². The Morgan fingerprint density at radius 2 is 1.54 bits per heavy atom. The number of nitrogens with one attached hydrogen (secondary N) is 1. The Bertz CT molecular complexity index is 1350. The maximum Gasteiger partial charge on any atom is 0.311 e. The van der Waals surface area contributed by atoms with Crippen LogP contribution < -0.4 is 14.8 Å². The lowest BCUT2D eigenvalue weighted by atomic mass is 9.83. The monoisotopic (exact) mass is 473 g/mol. The second-order valence-corrected chi connectivity index (χ2v) is 7.91. The van der Waals surface area contributed by atoms with Gasteiger partial charge in [0.15, 0.2) is 17.7 Å². The molecule has 4 rings (SSSR count). The molecule has 0 spiro atoms. The van der Waals surface area contributed by atoms with Gasteiger partial charge in [0.25, 0.3) is 5.91 Å². The van der Waals surface area contributed by atoms with E-state index >= 15 is 0 Å². The van der Waals surface area contributed by atoms with Gasteiger partial charge in [0.2, 0.25) is 0 Å². The summed E-state index contributed by atoms with van der Waals surface area (Å²) in [5.74, 6) is -0.883. The maximum absolute atomic E-state index is 13.1. The van der Waals surface area contributed by atoms with Crippen LogP contribution in [0, 0.1) is 0 Å². The van der Waals surface area contributed by atoms with E-state index in [4.69, 9.17) is 14.2 Å². The zero-order chi connectivity index (χ0) is 25.1. The topological polar surface area (TPSA) is 108 Å². The second-order valence-electron chi connectivity index (χ2n) is 7.91. The summed E-state index contributed by atoms with van der Waals surface area (Å²) in [4.78, 5) is 51.3. The number of ketones is 2. The van der Waals surface area contributed by atoms with Crippen LogP contribution in [0.5, 0.6) is 11.5 Å². The van der Waals surface area contributed by atoms with Crippen molar-refractivity contribution in [3.63, 3.8) is 0 Å². The maximum atomic E-state index is 13.1. The Balaban J connectivity index is 1.48. The van der Waals surface area contributed by atoms with Gasteiger partial charge in [-0.2, -0.15) is 0 Å². The first kappa shape index (κ1) is 23.7. The summed E-state index contributed by atoms with van der Waals surface area (Å²) in [5, 5.41) is 2.63. The SMILES string of the molecule is COc1ccc(CC(=O)OC(C)C(=O)Nc2cccc3c2C(=O)c2ccccc2C3=O)c(OC)c1. The van der Waals surface area contributed by atoms with E-state index < -0.39 is 18.0 Å². The molecule has 3 aromatic carbocycles. The third kappa shape index (κ3) is 4.63. The van der Waals surface area contributed by atoms with Crippen molar-refractivity contribution < 1.29 is 33.4 Å². The number of carbonyl (C=O) groups is 4. The van der Waals surface area contributed by atoms with E-state index in [0.717, 1.165) is 0 Å². The van der Waals surface area contributed by atoms with E-state index in [1.165, 1.54) is 27.2 Å². The molecule has 0 aromatic heterocycles. The van der Waals surface area contributed by atoms with Crippen LogP contribution in [0.25, 0.3) is 0 Å². The van der Waals surface area contributed by atoms with Crippen LogP contribution in [0.4, 0.5) is 5.69 Å². The molecule has 0 heterocycles. The molecule has 0 saturated carbocycles. The standard InChI is InChI=1S/C27H23NO7/c1-15(35-23(29)13-16-11-12-17(33-2)14-22(16)34-3)27(32)28-21-10-6-9-20-24(21)26(31)19-8-5-4-7-18(19)25(20)30/h4-12,14-15H,13H2,1-3H3,(H,28,32). The molecule has 178 valence electrons. The molecule has 1 aliphatic carbocycles. The molecule has 1 aliphatic rings. The molecule has 35 heavy (non-hydrogen) atoms. The number of hydrogen-bond acceptors (Lipinski definition) is 7. The molecule has 0 radical (unpaired) electrons. The van der Waals surface area contributed by atoms with Crippen LogP contribution >= 0.6 is 0 Å². The van der Waals surface area contributed by atoms with Gasteiger partial charge in [-0.15, -0.1) is 0 Å². The number of methoxy groups -OCH3 is 2. The van der Waals surface area contributed by atoms with Crippen molar-refractivity contribution >= 4 is 29.1 Å². The Morgan fingerprint density at radius 1 is 0.857 bits per heavy atom. The molecule has 1 N–H and O–H groups in total. The van der Waals surface area contributed by atoms with E-state index in [1.54, 1.807) is 54.6 Å². The molecule has 1 unspecified atom stereocenters. The van der Waals surface area contributed by atoms with Gasteiger partial charge in [-0.05, 0) is 19.1 Å². The predicted octanol–water partition coefficient (Wildman–Crippen LogP) is 3.59. The molecular weight excluding hydrogens is 450 g/mol. The van der Waals surface area contributed by atoms with Gasteiger partial charge < -0.3 is 19.5 Å². The minimum absolute atomic E-state index is 0.116. The molecular formula is C27H23NO7. The lowest BCUT2D eigenvalue weighted by Gasteiger charge is -2.21. The van der Waals surface area contributed by atoms with Gasteiger partial charge in [-0.1, -0.05) is 42.5 Å². The molecule has 8 nitrogen and oxygen atoms in total. The van der Waals surface area contributed by atoms with Gasteiger partial charge >= 0.3 is 5.97 Å². The summed E-state index contributed by atoms with van der Waals surface area (Å²) in [6.45, 7) is 1.43. The lowest BCUT2D eigenvalue weighted by molar-refractivity contribution is -0.152. The Kier molecular flexibility index (Phi) is 6.64. The van der Waals surface area contributed by atoms with Crippen LogP contribution in [0.15, 0.2) is 60.7 Å². The van der Waals surface area contributed by atoms with Gasteiger partial charge in [-0.25, -0.2) is 0 Å². The normalized spacial score (nSPS) is 12.8. The zero-order valence-corrected chi connectivity index (χ0v) is 19.4. The third-order valence-corrected chi connectivity index (χ3v) is 5.72. The molecule has 1 atom stereocenters. The quantitative estimate of drug-likeness (QED) is 0.409. The minimum Gasteiger partial charge on any atom is -0.497 e. The first-order chi connectivity index (χ1) is 16.8. The molecule has 1 amide bonds. The summed E-state index contributed by atoms with van der Waals surface area (Å²) in [6, 6.07) is 16.2. The highest BCUT2D eigenvalue weighted by Gasteiger charge is 2.32. The largest absolute Gasteiger partial charge is 0.497 e. The summed E-state index contributed by atoms with van der Waals surface area (Å²) in [6.07, 6.45) is -1.26. The summed E-state index contributed by atoms with van der Waals surface area (Å²) >= 11 is 0. The first-order valence-electron chi connectivity index (χ1n) is 10.9. The Morgan fingerprint density at radius 3 is 2.23 bits per heavy atom. The number of amides is 1. The van der Waals surface area contributed by atoms with Crippen molar-refractivity contribution in [2.24, 2.45) is 0 Å². The number of anilines is 1. The summed E-state index contributed by atoms with van der Waals surface area (Å²) in [5.41, 5.74) is 1.68. The third-order valence-electron chi connectivity index (χ3n) is 5.72. The number of carbonyl (C=O) groups excluding carboxylic acids is 4. The highest BCUT2D eigenvalue weighted by Crippen LogP contribution is 2.32. The molecule has 0 aliphatic heterocycles. The van der Waals surface area contributed by atoms with Gasteiger partial charge in [0.1, 0.15) is 11.5 Å². The second kappa shape index (κ2) is 9.80. The fourth-order valence-electron chi connectivity index (χ4n) is 3.93. The van der Waals surface area contributed by atoms with Crippen LogP contribution in [-0.2, 0) is 20.7 Å². The van der Waals surface area contributed by atoms with E-state index in [-0.39, 0.29) is 40.4 Å². The van der Waals surface area contributed by atoms with E-state index in [0.29, 0.717) is 22.6 Å². The first-order valence-corrected chi connectivity index (χ1v) is 10.9. The number of esters is 1. The highest BCUT2D eigenvalue weighted by molar-refractivity contribution is 6.30. The number of benzene rings is 3. The zero-order valence-electron chi connectivity index (χ0n) is 19.4. The highest BCUT2D eigenvalue weighted by atomic mass is 16.5. The van der Waals surface area contributed by atoms with Crippen molar-refractivity contribution in [2.45, 2.75) is 19.4 Å². The summed E-state index contributed by atoms with van der Waals surface area (Å²) < 4.78 is 15.7. The van der Waals surface area contributed by atoms with Gasteiger partial charge in [-0.3, -0.25) is 19.2 Å². The van der Waals surface area contributed by atoms with Crippen molar-refractivity contribution in [1.29, 1.82) is 0 Å².